The minimum atomic E-state index is -5.56. The van der Waals surface area contributed by atoms with Crippen LogP contribution in [0.4, 0.5) is 48.3 Å². The Bertz CT molecular complexity index is 801. The molecule has 0 amide bonds. The number of benzene rings is 2. The molecule has 0 aromatic heterocycles. The van der Waals surface area contributed by atoms with Gasteiger partial charge in [-0.3, -0.25) is 0 Å². The first-order valence-electron chi connectivity index (χ1n) is 6.07. The molecule has 0 bridgehead atoms. The van der Waals surface area contributed by atoms with Gasteiger partial charge in [-0.25, -0.2) is 22.0 Å². The molecule has 25 heavy (non-hydrogen) atoms. The van der Waals surface area contributed by atoms with Gasteiger partial charge in [-0.15, -0.1) is 0 Å². The summed E-state index contributed by atoms with van der Waals surface area (Å²) in [6.45, 7) is 0. The Morgan fingerprint density at radius 1 is 0.560 bits per heavy atom. The van der Waals surface area contributed by atoms with E-state index in [2.05, 4.69) is 0 Å². The average Bonchev–Trinajstić information content (AvgIpc) is 2.49. The molecule has 0 spiro atoms. The molecule has 0 saturated heterocycles. The molecule has 0 unspecified atom stereocenters. The lowest BCUT2D eigenvalue weighted by Gasteiger charge is -2.17. The van der Waals surface area contributed by atoms with Crippen molar-refractivity contribution in [3.63, 3.8) is 0 Å². The highest BCUT2D eigenvalue weighted by Crippen LogP contribution is 2.43. The number of hydrogen-bond donors (Lipinski definition) is 0. The van der Waals surface area contributed by atoms with E-state index in [4.69, 9.17) is 0 Å². The maximum Gasteiger partial charge on any atom is 0.417 e. The van der Waals surface area contributed by atoms with Gasteiger partial charge in [0.2, 0.25) is 5.82 Å². The minimum absolute atomic E-state index is 0.01000. The third-order valence-electron chi connectivity index (χ3n) is 3.13. The highest BCUT2D eigenvalue weighted by atomic mass is 19.4. The summed E-state index contributed by atoms with van der Waals surface area (Å²) < 4.78 is 143. The number of halogens is 11. The molecule has 2 aromatic carbocycles. The molecule has 0 fully saturated rings. The van der Waals surface area contributed by atoms with E-state index in [1.807, 2.05) is 0 Å². The third kappa shape index (κ3) is 3.27. The zero-order chi connectivity index (χ0) is 19.3. The van der Waals surface area contributed by atoms with Gasteiger partial charge in [-0.2, -0.15) is 26.3 Å². The molecule has 0 aliphatic carbocycles. The van der Waals surface area contributed by atoms with Crippen LogP contribution in [0.5, 0.6) is 0 Å². The predicted octanol–water partition coefficient (Wildman–Crippen LogP) is 6.09. The summed E-state index contributed by atoms with van der Waals surface area (Å²) in [6.07, 6.45) is -10.8. The summed E-state index contributed by atoms with van der Waals surface area (Å²) in [6, 6.07) is -0.458. The topological polar surface area (TPSA) is 0 Å². The lowest BCUT2D eigenvalue weighted by atomic mass is 9.95. The van der Waals surface area contributed by atoms with Gasteiger partial charge in [-0.05, 0) is 17.7 Å². The van der Waals surface area contributed by atoms with Gasteiger partial charge in [0, 0.05) is 0 Å². The zero-order valence-corrected chi connectivity index (χ0v) is 11.4. The van der Waals surface area contributed by atoms with Crippen molar-refractivity contribution >= 4 is 0 Å². The van der Waals surface area contributed by atoms with Crippen molar-refractivity contribution in [2.24, 2.45) is 0 Å². The second-order valence-corrected chi connectivity index (χ2v) is 4.70. The third-order valence-corrected chi connectivity index (χ3v) is 3.13. The lowest BCUT2D eigenvalue weighted by molar-refractivity contribution is -0.142. The number of alkyl halides is 6. The van der Waals surface area contributed by atoms with Gasteiger partial charge in [0.15, 0.2) is 23.3 Å². The summed E-state index contributed by atoms with van der Waals surface area (Å²) in [4.78, 5) is 0. The van der Waals surface area contributed by atoms with Crippen molar-refractivity contribution in [3.8, 4) is 11.1 Å². The molecule has 0 saturated carbocycles. The van der Waals surface area contributed by atoms with E-state index in [0.29, 0.717) is 0 Å². The molecule has 0 heterocycles. The Hall–Kier alpha value is -2.33. The molecule has 0 nitrogen and oxygen atoms in total. The van der Waals surface area contributed by atoms with Crippen molar-refractivity contribution in [1.29, 1.82) is 0 Å². The van der Waals surface area contributed by atoms with Crippen molar-refractivity contribution in [3.05, 3.63) is 58.4 Å². The van der Waals surface area contributed by atoms with E-state index in [9.17, 15) is 48.3 Å². The van der Waals surface area contributed by atoms with Crippen LogP contribution in [-0.4, -0.2) is 0 Å². The monoisotopic (exact) mass is 380 g/mol. The van der Waals surface area contributed by atoms with Gasteiger partial charge >= 0.3 is 12.4 Å². The summed E-state index contributed by atoms with van der Waals surface area (Å²) >= 11 is 0. The molecule has 11 heteroatoms. The summed E-state index contributed by atoms with van der Waals surface area (Å²) in [7, 11) is 0. The maximum atomic E-state index is 13.7. The van der Waals surface area contributed by atoms with E-state index < -0.39 is 69.8 Å². The largest absolute Gasteiger partial charge is 0.417 e. The molecule has 0 atom stereocenters. The highest BCUT2D eigenvalue weighted by Gasteiger charge is 2.40. The Balaban J connectivity index is 2.90. The van der Waals surface area contributed by atoms with Crippen LogP contribution in [0.1, 0.15) is 11.1 Å². The van der Waals surface area contributed by atoms with Crippen LogP contribution >= 0.6 is 0 Å². The van der Waals surface area contributed by atoms with E-state index >= 15 is 0 Å². The average molecular weight is 380 g/mol. The van der Waals surface area contributed by atoms with Gasteiger partial charge in [0.1, 0.15) is 0 Å². The second kappa shape index (κ2) is 5.88. The lowest BCUT2D eigenvalue weighted by Crippen LogP contribution is -2.14. The number of hydrogen-bond acceptors (Lipinski definition) is 0. The summed E-state index contributed by atoms with van der Waals surface area (Å²) in [5.41, 5.74) is -7.61. The molecule has 0 radical (unpaired) electrons. The van der Waals surface area contributed by atoms with Crippen LogP contribution in [0.25, 0.3) is 11.1 Å². The fourth-order valence-electron chi connectivity index (χ4n) is 2.01. The first-order chi connectivity index (χ1) is 11.3. The Morgan fingerprint density at radius 2 is 1.00 bits per heavy atom. The fraction of sp³-hybridized carbons (Fsp3) is 0.143. The standard InChI is InChI=1S/C14H3F11/c15-8-7(9(16)11(18)12(19)10(8)17)5-2-1-4(13(20,21)22)3-6(5)14(23,24)25/h1-3H. The first-order valence-corrected chi connectivity index (χ1v) is 6.07. The normalized spacial score (nSPS) is 12.6. The van der Waals surface area contributed by atoms with Crippen LogP contribution in [0.2, 0.25) is 0 Å². The Kier molecular flexibility index (Phi) is 4.47. The number of rotatable bonds is 1. The quantitative estimate of drug-likeness (QED) is 0.319. The maximum absolute atomic E-state index is 13.7. The van der Waals surface area contributed by atoms with E-state index in [1.54, 1.807) is 0 Å². The molecule has 2 rings (SSSR count). The van der Waals surface area contributed by atoms with Gasteiger partial charge in [0.25, 0.3) is 0 Å². The molecular formula is C14H3F11. The van der Waals surface area contributed by atoms with Crippen LogP contribution in [0, 0.1) is 29.1 Å². The second-order valence-electron chi connectivity index (χ2n) is 4.70. The SMILES string of the molecule is Fc1c(F)c(F)c(-c2ccc(C(F)(F)F)cc2C(F)(F)F)c(F)c1F. The van der Waals surface area contributed by atoms with Gasteiger partial charge in [-0.1, -0.05) is 6.07 Å². The smallest absolute Gasteiger partial charge is 0.203 e. The van der Waals surface area contributed by atoms with Crippen molar-refractivity contribution in [2.75, 3.05) is 0 Å². The minimum Gasteiger partial charge on any atom is -0.203 e. The van der Waals surface area contributed by atoms with Crippen LogP contribution in [0.3, 0.4) is 0 Å². The van der Waals surface area contributed by atoms with Crippen LogP contribution < -0.4 is 0 Å². The van der Waals surface area contributed by atoms with Crippen LogP contribution in [0.15, 0.2) is 18.2 Å². The van der Waals surface area contributed by atoms with E-state index in [-0.39, 0.29) is 12.1 Å². The Labute approximate surface area is 131 Å². The van der Waals surface area contributed by atoms with Crippen LogP contribution in [-0.2, 0) is 12.4 Å². The molecule has 0 aliphatic heterocycles. The molecule has 0 N–H and O–H groups in total. The van der Waals surface area contributed by atoms with E-state index in [1.165, 1.54) is 0 Å². The molecule has 0 aliphatic rings. The van der Waals surface area contributed by atoms with Gasteiger partial charge in [0.05, 0.1) is 16.7 Å². The first kappa shape index (κ1) is 19.0. The van der Waals surface area contributed by atoms with Gasteiger partial charge < -0.3 is 0 Å². The van der Waals surface area contributed by atoms with Crippen molar-refractivity contribution in [2.45, 2.75) is 12.4 Å². The van der Waals surface area contributed by atoms with E-state index in [0.717, 1.165) is 0 Å². The highest BCUT2D eigenvalue weighted by molar-refractivity contribution is 5.70. The zero-order valence-electron chi connectivity index (χ0n) is 11.4. The predicted molar refractivity (Wildman–Crippen MR) is 61.7 cm³/mol. The summed E-state index contributed by atoms with van der Waals surface area (Å²) in [5.74, 6) is -12.9. The molecule has 2 aromatic rings. The fourth-order valence-corrected chi connectivity index (χ4v) is 2.01. The molecular weight excluding hydrogens is 377 g/mol. The van der Waals surface area contributed by atoms with Crippen molar-refractivity contribution in [1.82, 2.24) is 0 Å². The molecule has 136 valence electrons. The van der Waals surface area contributed by atoms with Crippen molar-refractivity contribution < 1.29 is 48.3 Å². The Morgan fingerprint density at radius 3 is 1.40 bits per heavy atom. The summed E-state index contributed by atoms with van der Waals surface area (Å²) in [5, 5.41) is 0.